The van der Waals surface area contributed by atoms with Crippen molar-refractivity contribution in [3.63, 3.8) is 0 Å². The number of halogens is 4. The Morgan fingerprint density at radius 3 is 2.50 bits per heavy atom. The summed E-state index contributed by atoms with van der Waals surface area (Å²) in [4.78, 5) is 0. The predicted molar refractivity (Wildman–Crippen MR) is 70.9 cm³/mol. The van der Waals surface area contributed by atoms with E-state index in [0.29, 0.717) is 23.4 Å². The molecule has 0 amide bonds. The van der Waals surface area contributed by atoms with Gasteiger partial charge in [-0.2, -0.15) is 0 Å². The highest BCUT2D eigenvalue weighted by Crippen LogP contribution is 2.25. The first-order chi connectivity index (χ1) is 9.28. The van der Waals surface area contributed by atoms with Gasteiger partial charge in [0.05, 0.1) is 11.6 Å². The van der Waals surface area contributed by atoms with Crippen molar-refractivity contribution in [2.75, 3.05) is 13.2 Å². The van der Waals surface area contributed by atoms with E-state index in [4.69, 9.17) is 16.3 Å². The van der Waals surface area contributed by atoms with Crippen molar-refractivity contribution >= 4 is 11.6 Å². The van der Waals surface area contributed by atoms with E-state index in [-0.39, 0.29) is 6.61 Å². The van der Waals surface area contributed by atoms with Crippen LogP contribution in [0.3, 0.4) is 0 Å². The number of nitrogens with one attached hydrogen (secondary N) is 1. The van der Waals surface area contributed by atoms with Crippen LogP contribution >= 0.6 is 11.6 Å². The molecule has 0 radical (unpaired) electrons. The first-order valence-corrected chi connectivity index (χ1v) is 6.51. The fourth-order valence-corrected chi connectivity index (χ4v) is 1.66. The minimum absolute atomic E-state index is 0.219. The summed E-state index contributed by atoms with van der Waals surface area (Å²) in [5.41, 5.74) is 0.975. The zero-order valence-corrected chi connectivity index (χ0v) is 12.0. The van der Waals surface area contributed by atoms with E-state index >= 15 is 0 Å². The predicted octanol–water partition coefficient (Wildman–Crippen LogP) is 3.75. The normalized spacial score (nSPS) is 11.9. The van der Waals surface area contributed by atoms with Gasteiger partial charge in [-0.1, -0.05) is 31.5 Å². The van der Waals surface area contributed by atoms with Gasteiger partial charge in [-0.3, -0.25) is 4.74 Å². The minimum atomic E-state index is -4.64. The van der Waals surface area contributed by atoms with Gasteiger partial charge < -0.3 is 10.1 Å². The second kappa shape index (κ2) is 7.71. The quantitative estimate of drug-likeness (QED) is 0.778. The van der Waals surface area contributed by atoms with Gasteiger partial charge in [0.15, 0.2) is 0 Å². The molecule has 0 aliphatic carbocycles. The molecule has 7 heteroatoms. The molecule has 0 aromatic heterocycles. The molecule has 0 aliphatic rings. The van der Waals surface area contributed by atoms with Gasteiger partial charge in [0, 0.05) is 12.6 Å². The number of hydrogen-bond donors (Lipinski definition) is 1. The lowest BCUT2D eigenvalue weighted by Gasteiger charge is -2.12. The SMILES string of the molecule is CC(C)NCc1ccc(OCCOC(F)(F)F)c(Cl)c1. The summed E-state index contributed by atoms with van der Waals surface area (Å²) in [6, 6.07) is 5.51. The Balaban J connectivity index is 2.43. The maximum Gasteiger partial charge on any atom is 0.522 e. The smallest absolute Gasteiger partial charge is 0.490 e. The molecular formula is C13H17ClF3NO2. The zero-order valence-electron chi connectivity index (χ0n) is 11.3. The molecule has 1 aromatic rings. The number of alkyl halides is 3. The van der Waals surface area contributed by atoms with Crippen molar-refractivity contribution in [3.8, 4) is 5.75 Å². The number of ether oxygens (including phenoxy) is 2. The van der Waals surface area contributed by atoms with E-state index in [0.717, 1.165) is 5.56 Å². The molecule has 1 N–H and O–H groups in total. The second-order valence-electron chi connectivity index (χ2n) is 4.44. The summed E-state index contributed by atoms with van der Waals surface area (Å²) < 4.78 is 44.0. The highest BCUT2D eigenvalue weighted by atomic mass is 35.5. The average molecular weight is 312 g/mol. The monoisotopic (exact) mass is 311 g/mol. The Bertz CT molecular complexity index is 425. The molecule has 0 spiro atoms. The molecule has 3 nitrogen and oxygen atoms in total. The van der Waals surface area contributed by atoms with Crippen LogP contribution in [0.5, 0.6) is 5.75 Å². The van der Waals surface area contributed by atoms with Crippen LogP contribution in [0, 0.1) is 0 Å². The number of hydrogen-bond acceptors (Lipinski definition) is 3. The van der Waals surface area contributed by atoms with Gasteiger partial charge >= 0.3 is 6.36 Å². The summed E-state index contributed by atoms with van der Waals surface area (Å²) in [7, 11) is 0. The van der Waals surface area contributed by atoms with Crippen molar-refractivity contribution in [2.45, 2.75) is 32.8 Å². The maximum absolute atomic E-state index is 11.8. The molecule has 0 heterocycles. The van der Waals surface area contributed by atoms with Crippen molar-refractivity contribution in [3.05, 3.63) is 28.8 Å². The molecule has 0 fully saturated rings. The lowest BCUT2D eigenvalue weighted by Crippen LogP contribution is -2.21. The van der Waals surface area contributed by atoms with Crippen LogP contribution in [-0.2, 0) is 11.3 Å². The lowest BCUT2D eigenvalue weighted by atomic mass is 10.2. The Kier molecular flexibility index (Phi) is 6.58. The van der Waals surface area contributed by atoms with Crippen LogP contribution in [0.25, 0.3) is 0 Å². The third kappa shape index (κ3) is 6.98. The molecule has 0 unspecified atom stereocenters. The fourth-order valence-electron chi connectivity index (χ4n) is 1.40. The van der Waals surface area contributed by atoms with Gasteiger partial charge in [0.2, 0.25) is 0 Å². The van der Waals surface area contributed by atoms with E-state index in [1.807, 2.05) is 13.8 Å². The van der Waals surface area contributed by atoms with E-state index in [9.17, 15) is 13.2 Å². The molecule has 114 valence electrons. The van der Waals surface area contributed by atoms with Crippen LogP contribution in [0.1, 0.15) is 19.4 Å². The molecule has 0 aliphatic heterocycles. The summed E-state index contributed by atoms with van der Waals surface area (Å²) >= 11 is 6.00. The molecule has 1 aromatic carbocycles. The van der Waals surface area contributed by atoms with Crippen LogP contribution in [0.2, 0.25) is 5.02 Å². The molecule has 0 bridgehead atoms. The van der Waals surface area contributed by atoms with Crippen LogP contribution in [-0.4, -0.2) is 25.6 Å². The number of rotatable bonds is 7. The van der Waals surface area contributed by atoms with Crippen molar-refractivity contribution in [1.82, 2.24) is 5.32 Å². The molecule has 0 saturated heterocycles. The fraction of sp³-hybridized carbons (Fsp3) is 0.538. The van der Waals surface area contributed by atoms with Gasteiger partial charge in [0.1, 0.15) is 12.4 Å². The second-order valence-corrected chi connectivity index (χ2v) is 4.85. The van der Waals surface area contributed by atoms with Crippen molar-refractivity contribution in [1.29, 1.82) is 0 Å². The van der Waals surface area contributed by atoms with E-state index in [2.05, 4.69) is 10.1 Å². The van der Waals surface area contributed by atoms with E-state index in [1.54, 1.807) is 18.2 Å². The first kappa shape index (κ1) is 17.1. The Morgan fingerprint density at radius 2 is 1.95 bits per heavy atom. The topological polar surface area (TPSA) is 30.5 Å². The van der Waals surface area contributed by atoms with Crippen LogP contribution in [0.15, 0.2) is 18.2 Å². The third-order valence-corrected chi connectivity index (χ3v) is 2.61. The van der Waals surface area contributed by atoms with Gasteiger partial charge in [-0.25, -0.2) is 0 Å². The summed E-state index contributed by atoms with van der Waals surface area (Å²) in [6.45, 7) is 3.92. The van der Waals surface area contributed by atoms with Crippen molar-refractivity contribution < 1.29 is 22.6 Å². The molecule has 0 saturated carbocycles. The largest absolute Gasteiger partial charge is 0.522 e. The minimum Gasteiger partial charge on any atom is -0.490 e. The van der Waals surface area contributed by atoms with E-state index in [1.165, 1.54) is 0 Å². The summed E-state index contributed by atoms with van der Waals surface area (Å²) in [5.74, 6) is 0.339. The lowest BCUT2D eigenvalue weighted by molar-refractivity contribution is -0.325. The van der Waals surface area contributed by atoms with Gasteiger partial charge in [-0.05, 0) is 17.7 Å². The zero-order chi connectivity index (χ0) is 15.2. The molecule has 0 atom stereocenters. The first-order valence-electron chi connectivity index (χ1n) is 6.13. The Morgan fingerprint density at radius 1 is 1.25 bits per heavy atom. The Hall–Kier alpha value is -0.980. The summed E-state index contributed by atoms with van der Waals surface area (Å²) in [5, 5.41) is 3.59. The molecule has 20 heavy (non-hydrogen) atoms. The average Bonchev–Trinajstić information content (AvgIpc) is 2.32. The molecular weight excluding hydrogens is 295 g/mol. The molecule has 1 rings (SSSR count). The van der Waals surface area contributed by atoms with Crippen LogP contribution < -0.4 is 10.1 Å². The highest BCUT2D eigenvalue weighted by Gasteiger charge is 2.28. The van der Waals surface area contributed by atoms with E-state index < -0.39 is 13.0 Å². The third-order valence-electron chi connectivity index (χ3n) is 2.32. The maximum atomic E-state index is 11.8. The Labute approximate surface area is 121 Å². The van der Waals surface area contributed by atoms with Gasteiger partial charge in [-0.15, -0.1) is 13.2 Å². The highest BCUT2D eigenvalue weighted by molar-refractivity contribution is 6.32. The number of benzene rings is 1. The standard InChI is InChI=1S/C13H17ClF3NO2/c1-9(2)18-8-10-3-4-12(11(14)7-10)19-5-6-20-13(15,16)17/h3-4,7,9,18H,5-6,8H2,1-2H3. The summed E-state index contributed by atoms with van der Waals surface area (Å²) in [6.07, 6.45) is -4.64. The van der Waals surface area contributed by atoms with Gasteiger partial charge in [0.25, 0.3) is 0 Å². The van der Waals surface area contributed by atoms with Crippen LogP contribution in [0.4, 0.5) is 13.2 Å². The van der Waals surface area contributed by atoms with Crippen molar-refractivity contribution in [2.24, 2.45) is 0 Å².